The van der Waals surface area contributed by atoms with E-state index in [1.807, 2.05) is 0 Å². The van der Waals surface area contributed by atoms with Crippen LogP contribution in [0.2, 0.25) is 0 Å². The lowest BCUT2D eigenvalue weighted by Gasteiger charge is -2.44. The molecular formula is C18H28N2. The van der Waals surface area contributed by atoms with Gasteiger partial charge in [0.25, 0.3) is 0 Å². The van der Waals surface area contributed by atoms with Crippen LogP contribution >= 0.6 is 0 Å². The Hall–Kier alpha value is -0.860. The number of fused-ring (bicyclic) bond motifs is 1. The highest BCUT2D eigenvalue weighted by Crippen LogP contribution is 2.41. The maximum Gasteiger partial charge on any atom is 0.0478 e. The van der Waals surface area contributed by atoms with Crippen LogP contribution in [0.1, 0.15) is 62.6 Å². The molecule has 1 aliphatic carbocycles. The van der Waals surface area contributed by atoms with Crippen LogP contribution in [-0.4, -0.2) is 30.6 Å². The highest BCUT2D eigenvalue weighted by Gasteiger charge is 2.39. The van der Waals surface area contributed by atoms with Crippen molar-refractivity contribution in [2.75, 3.05) is 13.6 Å². The van der Waals surface area contributed by atoms with Crippen molar-refractivity contribution in [2.45, 2.75) is 63.6 Å². The van der Waals surface area contributed by atoms with E-state index in [4.69, 9.17) is 0 Å². The van der Waals surface area contributed by atoms with Gasteiger partial charge in [0.2, 0.25) is 0 Å². The van der Waals surface area contributed by atoms with Crippen LogP contribution in [0.5, 0.6) is 0 Å². The molecule has 2 aliphatic rings. The number of benzene rings is 1. The number of hydrogen-bond acceptors (Lipinski definition) is 2. The van der Waals surface area contributed by atoms with Crippen LogP contribution in [0.15, 0.2) is 24.3 Å². The smallest absolute Gasteiger partial charge is 0.0478 e. The minimum atomic E-state index is 0.495. The van der Waals surface area contributed by atoms with Gasteiger partial charge in [-0.2, -0.15) is 0 Å². The Bertz CT molecular complexity index is 456. The van der Waals surface area contributed by atoms with Crippen LogP contribution in [0.4, 0.5) is 0 Å². The maximum absolute atomic E-state index is 3.61. The summed E-state index contributed by atoms with van der Waals surface area (Å²) in [4.78, 5) is 2.80. The molecule has 0 spiro atoms. The Morgan fingerprint density at radius 2 is 2.00 bits per heavy atom. The van der Waals surface area contributed by atoms with Gasteiger partial charge in [0.1, 0.15) is 0 Å². The first kappa shape index (κ1) is 14.1. The van der Waals surface area contributed by atoms with E-state index in [0.29, 0.717) is 18.0 Å². The average Bonchev–Trinajstić information content (AvgIpc) is 2.95. The van der Waals surface area contributed by atoms with Gasteiger partial charge in [-0.15, -0.1) is 0 Å². The van der Waals surface area contributed by atoms with Gasteiger partial charge in [-0.1, -0.05) is 38.1 Å². The molecule has 0 saturated carbocycles. The second-order valence-corrected chi connectivity index (χ2v) is 6.54. The van der Waals surface area contributed by atoms with E-state index < -0.39 is 0 Å². The summed E-state index contributed by atoms with van der Waals surface area (Å²) < 4.78 is 0. The Labute approximate surface area is 123 Å². The number of likely N-dealkylation sites (tertiary alicyclic amines) is 1. The largest absolute Gasteiger partial charge is 0.312 e. The van der Waals surface area contributed by atoms with E-state index in [-0.39, 0.29) is 0 Å². The topological polar surface area (TPSA) is 15.3 Å². The van der Waals surface area contributed by atoms with E-state index in [1.165, 1.54) is 37.8 Å². The van der Waals surface area contributed by atoms with Gasteiger partial charge in [0.05, 0.1) is 0 Å². The lowest BCUT2D eigenvalue weighted by molar-refractivity contribution is 0.120. The van der Waals surface area contributed by atoms with Crippen LogP contribution in [0, 0.1) is 0 Å². The Morgan fingerprint density at radius 3 is 2.70 bits per heavy atom. The van der Waals surface area contributed by atoms with Gasteiger partial charge in [-0.05, 0) is 56.3 Å². The average molecular weight is 272 g/mol. The van der Waals surface area contributed by atoms with E-state index in [2.05, 4.69) is 55.4 Å². The highest BCUT2D eigenvalue weighted by molar-refractivity contribution is 5.36. The van der Waals surface area contributed by atoms with Gasteiger partial charge < -0.3 is 5.32 Å². The molecule has 0 amide bonds. The summed E-state index contributed by atoms with van der Waals surface area (Å²) in [6.45, 7) is 6.03. The Balaban J connectivity index is 1.93. The molecular weight excluding hydrogens is 244 g/mol. The lowest BCUT2D eigenvalue weighted by atomic mass is 9.77. The molecule has 20 heavy (non-hydrogen) atoms. The number of hydrogen-bond donors (Lipinski definition) is 1. The molecule has 0 radical (unpaired) electrons. The zero-order valence-electron chi connectivity index (χ0n) is 13.1. The molecule has 4 atom stereocenters. The Kier molecular flexibility index (Phi) is 4.13. The quantitative estimate of drug-likeness (QED) is 0.902. The summed E-state index contributed by atoms with van der Waals surface area (Å²) in [5.74, 6) is 0.680. The van der Waals surface area contributed by atoms with Crippen LogP contribution < -0.4 is 5.32 Å². The number of likely N-dealkylation sites (N-methyl/N-ethyl adjacent to an activating group) is 1. The minimum Gasteiger partial charge on any atom is -0.312 e. The molecule has 0 aromatic heterocycles. The van der Waals surface area contributed by atoms with Crippen LogP contribution in [-0.2, 0) is 0 Å². The van der Waals surface area contributed by atoms with Crippen molar-refractivity contribution in [1.29, 1.82) is 0 Å². The van der Waals surface area contributed by atoms with Gasteiger partial charge >= 0.3 is 0 Å². The fourth-order valence-corrected chi connectivity index (χ4v) is 4.48. The molecule has 1 aromatic carbocycles. The van der Waals surface area contributed by atoms with Gasteiger partial charge in [-0.3, -0.25) is 4.90 Å². The summed E-state index contributed by atoms with van der Waals surface area (Å²) in [7, 11) is 2.13. The molecule has 1 saturated heterocycles. The summed E-state index contributed by atoms with van der Waals surface area (Å²) >= 11 is 0. The molecule has 3 rings (SSSR count). The number of rotatable bonds is 3. The molecule has 1 heterocycles. The fourth-order valence-electron chi connectivity index (χ4n) is 4.48. The summed E-state index contributed by atoms with van der Waals surface area (Å²) in [6, 6.07) is 11.0. The highest BCUT2D eigenvalue weighted by atomic mass is 15.2. The minimum absolute atomic E-state index is 0.495. The predicted molar refractivity (Wildman–Crippen MR) is 85.1 cm³/mol. The third-order valence-electron chi connectivity index (χ3n) is 5.47. The molecule has 110 valence electrons. The number of nitrogens with one attached hydrogen (secondary N) is 1. The van der Waals surface area contributed by atoms with Gasteiger partial charge in [-0.25, -0.2) is 0 Å². The third-order valence-corrected chi connectivity index (χ3v) is 5.47. The van der Waals surface area contributed by atoms with Crippen molar-refractivity contribution in [3.05, 3.63) is 35.4 Å². The molecule has 1 N–H and O–H groups in total. The molecule has 1 fully saturated rings. The Morgan fingerprint density at radius 1 is 1.25 bits per heavy atom. The number of nitrogens with zero attached hydrogens (tertiary/aromatic N) is 1. The predicted octanol–water partition coefficient (Wildman–Crippen LogP) is 3.70. The van der Waals surface area contributed by atoms with Crippen LogP contribution in [0.3, 0.4) is 0 Å². The first-order chi connectivity index (χ1) is 9.76. The second-order valence-electron chi connectivity index (χ2n) is 6.54. The first-order valence-electron chi connectivity index (χ1n) is 8.28. The van der Waals surface area contributed by atoms with E-state index in [9.17, 15) is 0 Å². The molecule has 0 bridgehead atoms. The lowest BCUT2D eigenvalue weighted by Crippen LogP contribution is -2.48. The second kappa shape index (κ2) is 5.87. The SMILES string of the molecule is CCC1CCCN1C1CC(C)c2ccccc2C1NC. The van der Waals surface area contributed by atoms with E-state index in [0.717, 1.165) is 6.04 Å². The van der Waals surface area contributed by atoms with Gasteiger partial charge in [0, 0.05) is 18.1 Å². The molecule has 4 unspecified atom stereocenters. The van der Waals surface area contributed by atoms with Crippen molar-refractivity contribution < 1.29 is 0 Å². The zero-order chi connectivity index (χ0) is 14.1. The van der Waals surface area contributed by atoms with E-state index in [1.54, 1.807) is 5.56 Å². The monoisotopic (exact) mass is 272 g/mol. The zero-order valence-corrected chi connectivity index (χ0v) is 13.1. The maximum atomic E-state index is 3.61. The molecule has 1 aliphatic heterocycles. The van der Waals surface area contributed by atoms with Crippen molar-refractivity contribution in [3.8, 4) is 0 Å². The standard InChI is InChI=1S/C18H28N2/c1-4-14-8-7-11-20(14)17-12-13(2)15-9-5-6-10-16(15)18(17)19-3/h5-6,9-10,13-14,17-19H,4,7-8,11-12H2,1-3H3. The first-order valence-corrected chi connectivity index (χ1v) is 8.28. The van der Waals surface area contributed by atoms with Crippen molar-refractivity contribution in [2.24, 2.45) is 0 Å². The molecule has 2 heteroatoms. The summed E-state index contributed by atoms with van der Waals surface area (Å²) in [6.07, 6.45) is 5.35. The molecule has 1 aromatic rings. The van der Waals surface area contributed by atoms with Crippen molar-refractivity contribution >= 4 is 0 Å². The summed E-state index contributed by atoms with van der Waals surface area (Å²) in [5.41, 5.74) is 3.08. The van der Waals surface area contributed by atoms with Crippen molar-refractivity contribution in [3.63, 3.8) is 0 Å². The third kappa shape index (κ3) is 2.29. The fraction of sp³-hybridized carbons (Fsp3) is 0.667. The normalized spacial score (nSPS) is 34.1. The van der Waals surface area contributed by atoms with Crippen molar-refractivity contribution in [1.82, 2.24) is 10.2 Å². The summed E-state index contributed by atoms with van der Waals surface area (Å²) in [5, 5.41) is 3.61. The molecule has 2 nitrogen and oxygen atoms in total. The van der Waals surface area contributed by atoms with Gasteiger partial charge in [0.15, 0.2) is 0 Å². The van der Waals surface area contributed by atoms with Crippen LogP contribution in [0.25, 0.3) is 0 Å². The van der Waals surface area contributed by atoms with E-state index >= 15 is 0 Å².